The summed E-state index contributed by atoms with van der Waals surface area (Å²) in [4.78, 5) is 12.1. The number of nitrogens with zero attached hydrogens (tertiary/aromatic N) is 1. The zero-order valence-corrected chi connectivity index (χ0v) is 14.1. The van der Waals surface area contributed by atoms with Crippen molar-refractivity contribution in [2.75, 3.05) is 6.26 Å². The monoisotopic (exact) mass is 366 g/mol. The first-order valence-electron chi connectivity index (χ1n) is 6.68. The molecule has 0 heterocycles. The van der Waals surface area contributed by atoms with E-state index in [4.69, 9.17) is 16.9 Å². The fourth-order valence-corrected chi connectivity index (χ4v) is 3.16. The zero-order chi connectivity index (χ0) is 17.9. The van der Waals surface area contributed by atoms with E-state index in [1.807, 2.05) is 0 Å². The van der Waals surface area contributed by atoms with Crippen LogP contribution in [0.5, 0.6) is 0 Å². The molecule has 0 radical (unpaired) electrons. The number of carbonyl (C=O) groups excluding carboxylic acids is 1. The molecule has 2 rings (SSSR count). The lowest BCUT2D eigenvalue weighted by molar-refractivity contribution is 0.0947. The third-order valence-corrected chi connectivity index (χ3v) is 4.65. The van der Waals surface area contributed by atoms with E-state index in [9.17, 15) is 17.6 Å². The van der Waals surface area contributed by atoms with Crippen LogP contribution in [-0.2, 0) is 16.4 Å². The van der Waals surface area contributed by atoms with Gasteiger partial charge in [-0.2, -0.15) is 5.26 Å². The maximum absolute atomic E-state index is 12.9. The molecule has 1 amide bonds. The molecule has 8 heteroatoms. The molecule has 0 atom stereocenters. The minimum absolute atomic E-state index is 0.00370. The Labute approximate surface area is 143 Å². The molecule has 24 heavy (non-hydrogen) atoms. The Balaban J connectivity index is 2.34. The summed E-state index contributed by atoms with van der Waals surface area (Å²) < 4.78 is 36.6. The SMILES string of the molecule is CS(=O)(=O)c1cc(Cl)c(C#N)cc1C(=O)NCc1ccc(F)cc1. The van der Waals surface area contributed by atoms with Crippen LogP contribution in [0.2, 0.25) is 5.02 Å². The number of nitriles is 1. The first-order valence-corrected chi connectivity index (χ1v) is 8.95. The van der Waals surface area contributed by atoms with Crippen LogP contribution >= 0.6 is 11.6 Å². The van der Waals surface area contributed by atoms with Gasteiger partial charge in [0.25, 0.3) is 5.91 Å². The van der Waals surface area contributed by atoms with E-state index in [1.54, 1.807) is 6.07 Å². The molecule has 1 N–H and O–H groups in total. The van der Waals surface area contributed by atoms with Crippen LogP contribution in [-0.4, -0.2) is 20.6 Å². The fraction of sp³-hybridized carbons (Fsp3) is 0.125. The van der Waals surface area contributed by atoms with Gasteiger partial charge in [-0.1, -0.05) is 23.7 Å². The van der Waals surface area contributed by atoms with E-state index < -0.39 is 21.6 Å². The predicted molar refractivity (Wildman–Crippen MR) is 86.8 cm³/mol. The minimum Gasteiger partial charge on any atom is -0.348 e. The van der Waals surface area contributed by atoms with Crippen LogP contribution in [0.4, 0.5) is 4.39 Å². The smallest absolute Gasteiger partial charge is 0.252 e. The van der Waals surface area contributed by atoms with Crippen LogP contribution in [0.15, 0.2) is 41.3 Å². The number of hydrogen-bond donors (Lipinski definition) is 1. The summed E-state index contributed by atoms with van der Waals surface area (Å²) in [5, 5.41) is 11.5. The summed E-state index contributed by atoms with van der Waals surface area (Å²) in [7, 11) is -3.72. The van der Waals surface area contributed by atoms with Crippen molar-refractivity contribution >= 4 is 27.3 Å². The second kappa shape index (κ2) is 6.99. The maximum Gasteiger partial charge on any atom is 0.252 e. The van der Waals surface area contributed by atoms with Crippen molar-refractivity contribution in [2.24, 2.45) is 0 Å². The van der Waals surface area contributed by atoms with Gasteiger partial charge in [0.15, 0.2) is 9.84 Å². The highest BCUT2D eigenvalue weighted by molar-refractivity contribution is 7.90. The Morgan fingerprint density at radius 2 is 1.92 bits per heavy atom. The molecule has 0 saturated heterocycles. The van der Waals surface area contributed by atoms with Crippen molar-refractivity contribution in [3.63, 3.8) is 0 Å². The van der Waals surface area contributed by atoms with Gasteiger partial charge in [0.2, 0.25) is 0 Å². The minimum atomic E-state index is -3.72. The van der Waals surface area contributed by atoms with Gasteiger partial charge in [-0.25, -0.2) is 12.8 Å². The summed E-state index contributed by atoms with van der Waals surface area (Å²) in [5.41, 5.74) is 0.469. The van der Waals surface area contributed by atoms with Crippen LogP contribution in [0.25, 0.3) is 0 Å². The summed E-state index contributed by atoms with van der Waals surface area (Å²) in [6.07, 6.45) is 0.946. The Hall–Kier alpha value is -2.43. The molecule has 0 spiro atoms. The third-order valence-electron chi connectivity index (χ3n) is 3.20. The van der Waals surface area contributed by atoms with Gasteiger partial charge in [0.05, 0.1) is 21.0 Å². The summed E-state index contributed by atoms with van der Waals surface area (Å²) in [6.45, 7) is 0.0762. The van der Waals surface area contributed by atoms with Crippen LogP contribution < -0.4 is 5.32 Å². The lowest BCUT2D eigenvalue weighted by atomic mass is 10.1. The van der Waals surface area contributed by atoms with Crippen molar-refractivity contribution in [1.82, 2.24) is 5.32 Å². The van der Waals surface area contributed by atoms with Gasteiger partial charge in [-0.15, -0.1) is 0 Å². The Morgan fingerprint density at radius 3 is 2.46 bits per heavy atom. The number of rotatable bonds is 4. The standard InChI is InChI=1S/C16H12ClFN2O3S/c1-24(22,23)15-7-14(17)11(8-19)6-13(15)16(21)20-9-10-2-4-12(18)5-3-10/h2-7H,9H2,1H3,(H,20,21). The molecule has 0 aliphatic rings. The molecule has 0 saturated carbocycles. The predicted octanol–water partition coefficient (Wildman–Crippen LogP) is 2.68. The molecule has 0 aromatic heterocycles. The Bertz CT molecular complexity index is 935. The number of hydrogen-bond acceptors (Lipinski definition) is 4. The number of amides is 1. The van der Waals surface area contributed by atoms with Crippen molar-refractivity contribution in [3.8, 4) is 6.07 Å². The van der Waals surface area contributed by atoms with E-state index in [0.29, 0.717) is 5.56 Å². The first-order chi connectivity index (χ1) is 11.2. The summed E-state index contributed by atoms with van der Waals surface area (Å²) in [6, 6.07) is 9.51. The highest BCUT2D eigenvalue weighted by atomic mass is 35.5. The number of carbonyl (C=O) groups is 1. The average molecular weight is 367 g/mol. The summed E-state index contributed by atoms with van der Waals surface area (Å²) >= 11 is 5.85. The van der Waals surface area contributed by atoms with Crippen molar-refractivity contribution < 1.29 is 17.6 Å². The quantitative estimate of drug-likeness (QED) is 0.901. The molecule has 0 unspecified atom stereocenters. The van der Waals surface area contributed by atoms with Crippen LogP contribution in [0.3, 0.4) is 0 Å². The molecule has 2 aromatic carbocycles. The molecular formula is C16H12ClFN2O3S. The number of halogens is 2. The molecule has 0 bridgehead atoms. The fourth-order valence-electron chi connectivity index (χ4n) is 2.00. The van der Waals surface area contributed by atoms with Gasteiger partial charge in [-0.05, 0) is 29.8 Å². The van der Waals surface area contributed by atoms with E-state index in [0.717, 1.165) is 18.4 Å². The van der Waals surface area contributed by atoms with Crippen LogP contribution in [0.1, 0.15) is 21.5 Å². The van der Waals surface area contributed by atoms with Gasteiger partial charge < -0.3 is 5.32 Å². The van der Waals surface area contributed by atoms with Crippen LogP contribution in [0, 0.1) is 17.1 Å². The molecule has 2 aromatic rings. The average Bonchev–Trinajstić information content (AvgIpc) is 2.53. The largest absolute Gasteiger partial charge is 0.348 e. The van der Waals surface area contributed by atoms with Crippen molar-refractivity contribution in [1.29, 1.82) is 5.26 Å². The normalized spacial score (nSPS) is 10.9. The van der Waals surface area contributed by atoms with Gasteiger partial charge >= 0.3 is 0 Å². The molecular weight excluding hydrogens is 355 g/mol. The molecule has 0 aliphatic carbocycles. The second-order valence-electron chi connectivity index (χ2n) is 5.02. The van der Waals surface area contributed by atoms with Gasteiger partial charge in [0, 0.05) is 12.8 Å². The van der Waals surface area contributed by atoms with E-state index >= 15 is 0 Å². The lowest BCUT2D eigenvalue weighted by Gasteiger charge is -2.11. The highest BCUT2D eigenvalue weighted by Gasteiger charge is 2.21. The summed E-state index contributed by atoms with van der Waals surface area (Å²) in [5.74, 6) is -1.08. The van der Waals surface area contributed by atoms with Gasteiger partial charge in [0.1, 0.15) is 11.9 Å². The second-order valence-corrected chi connectivity index (χ2v) is 7.41. The molecule has 124 valence electrons. The number of benzene rings is 2. The Kier molecular flexibility index (Phi) is 5.22. The van der Waals surface area contributed by atoms with E-state index in [-0.39, 0.29) is 27.6 Å². The van der Waals surface area contributed by atoms with E-state index in [2.05, 4.69) is 5.32 Å². The molecule has 0 fully saturated rings. The van der Waals surface area contributed by atoms with E-state index in [1.165, 1.54) is 24.3 Å². The third kappa shape index (κ3) is 4.10. The highest BCUT2D eigenvalue weighted by Crippen LogP contribution is 2.25. The van der Waals surface area contributed by atoms with Gasteiger partial charge in [-0.3, -0.25) is 4.79 Å². The number of nitrogens with one attached hydrogen (secondary N) is 1. The molecule has 0 aliphatic heterocycles. The zero-order valence-electron chi connectivity index (χ0n) is 12.5. The maximum atomic E-state index is 12.9. The van der Waals surface area contributed by atoms with Crippen molar-refractivity contribution in [3.05, 3.63) is 63.9 Å². The first kappa shape index (κ1) is 17.9. The van der Waals surface area contributed by atoms with Crippen molar-refractivity contribution in [2.45, 2.75) is 11.4 Å². The topological polar surface area (TPSA) is 87.0 Å². The molecule has 5 nitrogen and oxygen atoms in total. The lowest BCUT2D eigenvalue weighted by Crippen LogP contribution is -2.25. The number of sulfone groups is 1. The Morgan fingerprint density at radius 1 is 1.29 bits per heavy atom.